The van der Waals surface area contributed by atoms with Crippen LogP contribution in [-0.2, 0) is 4.43 Å². The summed E-state index contributed by atoms with van der Waals surface area (Å²) in [6.45, 7) is 3.37. The van der Waals surface area contributed by atoms with Crippen LogP contribution in [0.4, 0.5) is 0 Å². The molecule has 1 nitrogen and oxygen atoms in total. The molecule has 3 fully saturated rings. The predicted octanol–water partition coefficient (Wildman–Crippen LogP) is 6.19. The largest absolute Gasteiger partial charge is 0.416 e. The molecule has 0 bridgehead atoms. The van der Waals surface area contributed by atoms with E-state index in [4.69, 9.17) is 4.43 Å². The van der Waals surface area contributed by atoms with E-state index in [-0.39, 0.29) is 0 Å². The highest BCUT2D eigenvalue weighted by Crippen LogP contribution is 2.58. The molecule has 0 spiro atoms. The SMILES string of the molecule is CCCO[Si](C1CCCC1)(C1CCCC1)C1CCCC1. The third kappa shape index (κ3) is 2.75. The van der Waals surface area contributed by atoms with Crippen molar-refractivity contribution in [2.45, 2.75) is 107 Å². The molecule has 0 aromatic rings. The van der Waals surface area contributed by atoms with Crippen molar-refractivity contribution in [1.29, 1.82) is 0 Å². The molecule has 3 aliphatic carbocycles. The minimum absolute atomic E-state index is 1.03. The van der Waals surface area contributed by atoms with Gasteiger partial charge in [0, 0.05) is 6.61 Å². The van der Waals surface area contributed by atoms with E-state index >= 15 is 0 Å². The van der Waals surface area contributed by atoms with Crippen molar-refractivity contribution < 1.29 is 4.43 Å². The maximum atomic E-state index is 6.97. The zero-order valence-corrected chi connectivity index (χ0v) is 14.5. The summed E-state index contributed by atoms with van der Waals surface area (Å²) >= 11 is 0. The Morgan fingerprint density at radius 2 is 1.05 bits per heavy atom. The Labute approximate surface area is 127 Å². The Bertz CT molecular complexity index is 245. The van der Waals surface area contributed by atoms with Crippen LogP contribution in [0, 0.1) is 0 Å². The first-order valence-electron chi connectivity index (χ1n) is 9.52. The van der Waals surface area contributed by atoms with Gasteiger partial charge in [-0.3, -0.25) is 0 Å². The van der Waals surface area contributed by atoms with Gasteiger partial charge in [-0.1, -0.05) is 84.0 Å². The van der Waals surface area contributed by atoms with Crippen molar-refractivity contribution in [3.63, 3.8) is 0 Å². The summed E-state index contributed by atoms with van der Waals surface area (Å²) in [5.74, 6) is 0. The Balaban J connectivity index is 1.87. The number of hydrogen-bond donors (Lipinski definition) is 0. The molecule has 0 unspecified atom stereocenters. The average Bonchev–Trinajstić information content (AvgIpc) is 3.23. The Morgan fingerprint density at radius 1 is 0.700 bits per heavy atom. The first-order valence-corrected chi connectivity index (χ1v) is 11.7. The van der Waals surface area contributed by atoms with Gasteiger partial charge in [0.25, 0.3) is 0 Å². The molecule has 2 heteroatoms. The molecule has 0 heterocycles. The van der Waals surface area contributed by atoms with Gasteiger partial charge in [-0.15, -0.1) is 0 Å². The maximum absolute atomic E-state index is 6.97. The van der Waals surface area contributed by atoms with E-state index in [2.05, 4.69) is 6.92 Å². The zero-order valence-electron chi connectivity index (χ0n) is 13.5. The third-order valence-electron chi connectivity index (χ3n) is 6.54. The van der Waals surface area contributed by atoms with Crippen LogP contribution in [0.25, 0.3) is 0 Å². The number of rotatable bonds is 6. The van der Waals surface area contributed by atoms with Gasteiger partial charge in [-0.2, -0.15) is 0 Å². The van der Waals surface area contributed by atoms with Crippen LogP contribution >= 0.6 is 0 Å². The summed E-state index contributed by atoms with van der Waals surface area (Å²) < 4.78 is 6.97. The topological polar surface area (TPSA) is 9.23 Å². The molecule has 0 aromatic heterocycles. The highest BCUT2D eigenvalue weighted by molar-refractivity contribution is 6.78. The second kappa shape index (κ2) is 6.96. The van der Waals surface area contributed by atoms with E-state index in [0.29, 0.717) is 0 Å². The second-order valence-corrected chi connectivity index (χ2v) is 12.1. The van der Waals surface area contributed by atoms with Gasteiger partial charge in [0.05, 0.1) is 0 Å². The average molecular weight is 295 g/mol. The molecule has 0 aromatic carbocycles. The van der Waals surface area contributed by atoms with Crippen molar-refractivity contribution in [2.75, 3.05) is 6.61 Å². The Hall–Kier alpha value is 0.177. The number of hydrogen-bond acceptors (Lipinski definition) is 1. The lowest BCUT2D eigenvalue weighted by atomic mass is 10.3. The lowest BCUT2D eigenvalue weighted by Crippen LogP contribution is -2.50. The van der Waals surface area contributed by atoms with E-state index in [1.54, 1.807) is 0 Å². The lowest BCUT2D eigenvalue weighted by molar-refractivity contribution is 0.267. The van der Waals surface area contributed by atoms with E-state index in [9.17, 15) is 0 Å². The molecule has 0 N–H and O–H groups in total. The fourth-order valence-electron chi connectivity index (χ4n) is 5.76. The van der Waals surface area contributed by atoms with Gasteiger partial charge >= 0.3 is 0 Å². The van der Waals surface area contributed by atoms with Crippen LogP contribution in [0.2, 0.25) is 16.6 Å². The molecule has 0 saturated heterocycles. The molecule has 20 heavy (non-hydrogen) atoms. The maximum Gasteiger partial charge on any atom is 0.201 e. The molecular weight excluding hydrogens is 260 g/mol. The molecule has 0 atom stereocenters. The quantitative estimate of drug-likeness (QED) is 0.531. The van der Waals surface area contributed by atoms with Crippen LogP contribution in [0.5, 0.6) is 0 Å². The Morgan fingerprint density at radius 3 is 1.35 bits per heavy atom. The highest BCUT2D eigenvalue weighted by Gasteiger charge is 2.55. The molecule has 0 radical (unpaired) electrons. The van der Waals surface area contributed by atoms with Gasteiger partial charge in [-0.05, 0) is 23.0 Å². The van der Waals surface area contributed by atoms with Crippen LogP contribution in [0.15, 0.2) is 0 Å². The van der Waals surface area contributed by atoms with Crippen LogP contribution in [-0.4, -0.2) is 14.9 Å². The van der Waals surface area contributed by atoms with Gasteiger partial charge in [-0.25, -0.2) is 0 Å². The first-order chi connectivity index (χ1) is 9.88. The standard InChI is InChI=1S/C18H34OSi/c1-2-15-19-20(16-9-3-4-10-16,17-11-5-6-12-17)18-13-7-8-14-18/h16-18H,2-15H2,1H3. The summed E-state index contributed by atoms with van der Waals surface area (Å²) in [4.78, 5) is 0. The lowest BCUT2D eigenvalue weighted by Gasteiger charge is -2.46. The van der Waals surface area contributed by atoms with Gasteiger partial charge < -0.3 is 4.43 Å². The summed E-state index contributed by atoms with van der Waals surface area (Å²) in [5, 5.41) is 0. The van der Waals surface area contributed by atoms with Crippen LogP contribution < -0.4 is 0 Å². The second-order valence-electron chi connectivity index (χ2n) is 7.65. The minimum Gasteiger partial charge on any atom is -0.416 e. The van der Waals surface area contributed by atoms with Crippen molar-refractivity contribution in [3.05, 3.63) is 0 Å². The summed E-state index contributed by atoms with van der Waals surface area (Å²) in [5.41, 5.74) is 3.08. The van der Waals surface area contributed by atoms with Crippen molar-refractivity contribution in [3.8, 4) is 0 Å². The van der Waals surface area contributed by atoms with Gasteiger partial charge in [0.15, 0.2) is 0 Å². The predicted molar refractivity (Wildman–Crippen MR) is 88.7 cm³/mol. The fraction of sp³-hybridized carbons (Fsp3) is 1.00. The van der Waals surface area contributed by atoms with Crippen molar-refractivity contribution in [2.24, 2.45) is 0 Å². The van der Waals surface area contributed by atoms with E-state index in [1.807, 2.05) is 0 Å². The monoisotopic (exact) mass is 294 g/mol. The zero-order chi connectivity index (χ0) is 13.8. The summed E-state index contributed by atoms with van der Waals surface area (Å²) in [6.07, 6.45) is 19.3. The van der Waals surface area contributed by atoms with Crippen LogP contribution in [0.3, 0.4) is 0 Å². The van der Waals surface area contributed by atoms with Crippen molar-refractivity contribution in [1.82, 2.24) is 0 Å². The molecular formula is C18H34OSi. The molecule has 0 amide bonds. The molecule has 3 aliphatic rings. The molecule has 3 saturated carbocycles. The Kier molecular flexibility index (Phi) is 5.25. The fourth-order valence-corrected chi connectivity index (χ4v) is 13.0. The van der Waals surface area contributed by atoms with Gasteiger partial charge in [0.1, 0.15) is 0 Å². The molecule has 0 aliphatic heterocycles. The summed E-state index contributed by atoms with van der Waals surface area (Å²) in [6, 6.07) is 0. The minimum atomic E-state index is -1.52. The molecule has 116 valence electrons. The van der Waals surface area contributed by atoms with E-state index in [0.717, 1.165) is 23.2 Å². The van der Waals surface area contributed by atoms with E-state index in [1.165, 1.54) is 83.5 Å². The normalized spacial score (nSPS) is 26.9. The highest BCUT2D eigenvalue weighted by atomic mass is 28.4. The molecule has 3 rings (SSSR count). The van der Waals surface area contributed by atoms with Crippen LogP contribution in [0.1, 0.15) is 90.4 Å². The summed E-state index contributed by atoms with van der Waals surface area (Å²) in [7, 11) is -1.52. The van der Waals surface area contributed by atoms with Gasteiger partial charge in [0.2, 0.25) is 8.32 Å². The van der Waals surface area contributed by atoms with Crippen molar-refractivity contribution >= 4 is 8.32 Å². The third-order valence-corrected chi connectivity index (χ3v) is 12.8. The van der Waals surface area contributed by atoms with E-state index < -0.39 is 8.32 Å². The smallest absolute Gasteiger partial charge is 0.201 e. The first kappa shape index (κ1) is 15.1.